The Morgan fingerprint density at radius 3 is 2.86 bits per heavy atom. The number of aromatic nitrogens is 2. The molecule has 3 aliphatic rings. The molecule has 1 saturated carbocycles. The van der Waals surface area contributed by atoms with Gasteiger partial charge in [0.25, 0.3) is 0 Å². The first-order chi connectivity index (χ1) is 10.6. The Hall–Kier alpha value is -1.89. The molecule has 2 aliphatic heterocycles. The minimum Gasteiger partial charge on any atom is -0.478 e. The Kier molecular flexibility index (Phi) is 3.00. The summed E-state index contributed by atoms with van der Waals surface area (Å²) in [6.07, 6.45) is 6.29. The molecule has 0 unspecified atom stereocenters. The molecule has 4 rings (SSSR count). The maximum Gasteiger partial charge on any atom is 0.338 e. The summed E-state index contributed by atoms with van der Waals surface area (Å²) < 4.78 is 7.02. The molecule has 3 fully saturated rings. The minimum absolute atomic E-state index is 0.00399. The van der Waals surface area contributed by atoms with Crippen molar-refractivity contribution in [1.82, 2.24) is 14.7 Å². The lowest BCUT2D eigenvalue weighted by Gasteiger charge is -2.41. The molecule has 1 amide bonds. The smallest absolute Gasteiger partial charge is 0.338 e. The Balaban J connectivity index is 1.49. The molecular weight excluding hydrogens is 286 g/mol. The standard InChI is InChI=1S/C15H19N3O4/c19-13(6-17-5-10(4-16-17)14(20)21)18-9-15(2-1-3-15)11-7-22-8-12(11)18/h4-5,11-12H,1-3,6-9H2,(H,20,21)/t11-,12+/m1/s1. The van der Waals surface area contributed by atoms with Crippen LogP contribution in [0.3, 0.4) is 0 Å². The van der Waals surface area contributed by atoms with Gasteiger partial charge < -0.3 is 14.7 Å². The number of carbonyl (C=O) groups is 2. The molecule has 2 saturated heterocycles. The Morgan fingerprint density at radius 2 is 2.23 bits per heavy atom. The molecule has 1 aromatic heterocycles. The van der Waals surface area contributed by atoms with E-state index < -0.39 is 5.97 Å². The summed E-state index contributed by atoms with van der Waals surface area (Å²) in [6.45, 7) is 2.29. The van der Waals surface area contributed by atoms with Crippen molar-refractivity contribution in [2.75, 3.05) is 19.8 Å². The minimum atomic E-state index is -1.03. The van der Waals surface area contributed by atoms with Crippen molar-refractivity contribution < 1.29 is 19.4 Å². The predicted octanol–water partition coefficient (Wildman–Crippen LogP) is 0.609. The van der Waals surface area contributed by atoms with E-state index in [2.05, 4.69) is 5.10 Å². The summed E-state index contributed by atoms with van der Waals surface area (Å²) in [6, 6.07) is 0.183. The Labute approximate surface area is 127 Å². The van der Waals surface area contributed by atoms with Crippen molar-refractivity contribution in [3.05, 3.63) is 18.0 Å². The molecule has 0 bridgehead atoms. The van der Waals surface area contributed by atoms with Crippen LogP contribution in [0, 0.1) is 11.3 Å². The maximum atomic E-state index is 12.6. The Morgan fingerprint density at radius 1 is 1.41 bits per heavy atom. The van der Waals surface area contributed by atoms with E-state index in [1.165, 1.54) is 36.3 Å². The fourth-order valence-electron chi connectivity index (χ4n) is 4.23. The number of ether oxygens (including phenoxy) is 1. The highest BCUT2D eigenvalue weighted by Gasteiger charge is 2.58. The molecular formula is C15H19N3O4. The number of amides is 1. The van der Waals surface area contributed by atoms with E-state index >= 15 is 0 Å². The average Bonchev–Trinajstić information content (AvgIpc) is 3.11. The normalized spacial score (nSPS) is 28.6. The largest absolute Gasteiger partial charge is 0.478 e. The van der Waals surface area contributed by atoms with Crippen molar-refractivity contribution in [3.63, 3.8) is 0 Å². The van der Waals surface area contributed by atoms with Crippen molar-refractivity contribution >= 4 is 11.9 Å². The van der Waals surface area contributed by atoms with Crippen molar-refractivity contribution in [3.8, 4) is 0 Å². The molecule has 2 atom stereocenters. The van der Waals surface area contributed by atoms with Crippen molar-refractivity contribution in [2.45, 2.75) is 31.8 Å². The number of carboxylic acid groups (broad SMARTS) is 1. The third-order valence-electron chi connectivity index (χ3n) is 5.57. The molecule has 0 radical (unpaired) electrons. The van der Waals surface area contributed by atoms with Gasteiger partial charge in [-0.3, -0.25) is 9.48 Å². The highest BCUT2D eigenvalue weighted by molar-refractivity contribution is 5.87. The monoisotopic (exact) mass is 305 g/mol. The lowest BCUT2D eigenvalue weighted by atomic mass is 9.62. The molecule has 7 heteroatoms. The van der Waals surface area contributed by atoms with Crippen LogP contribution in [0.5, 0.6) is 0 Å². The van der Waals surface area contributed by atoms with Gasteiger partial charge >= 0.3 is 5.97 Å². The zero-order valence-corrected chi connectivity index (χ0v) is 12.3. The molecule has 1 aromatic rings. The number of carboxylic acids is 1. The van der Waals surface area contributed by atoms with Gasteiger partial charge in [-0.25, -0.2) is 4.79 Å². The number of likely N-dealkylation sites (tertiary alicyclic amines) is 1. The third-order valence-corrected chi connectivity index (χ3v) is 5.57. The first-order valence-corrected chi connectivity index (χ1v) is 7.72. The van der Waals surface area contributed by atoms with Gasteiger partial charge in [-0.1, -0.05) is 6.42 Å². The number of nitrogens with zero attached hydrogens (tertiary/aromatic N) is 3. The molecule has 7 nitrogen and oxygen atoms in total. The van der Waals surface area contributed by atoms with Crippen molar-refractivity contribution in [2.24, 2.45) is 11.3 Å². The van der Waals surface area contributed by atoms with E-state index in [0.29, 0.717) is 12.5 Å². The van der Waals surface area contributed by atoms with E-state index in [1.807, 2.05) is 4.90 Å². The quantitative estimate of drug-likeness (QED) is 0.884. The summed E-state index contributed by atoms with van der Waals surface area (Å²) >= 11 is 0. The summed E-state index contributed by atoms with van der Waals surface area (Å²) in [5, 5.41) is 12.9. The van der Waals surface area contributed by atoms with Gasteiger partial charge in [0.2, 0.25) is 5.91 Å². The van der Waals surface area contributed by atoms with Gasteiger partial charge in [-0.15, -0.1) is 0 Å². The molecule has 1 aliphatic carbocycles. The number of hydrogen-bond donors (Lipinski definition) is 1. The number of aromatic carboxylic acids is 1. The molecule has 118 valence electrons. The lowest BCUT2D eigenvalue weighted by Crippen LogP contribution is -2.41. The van der Waals surface area contributed by atoms with Gasteiger partial charge in [0.1, 0.15) is 6.54 Å². The fourth-order valence-corrected chi connectivity index (χ4v) is 4.23. The summed E-state index contributed by atoms with van der Waals surface area (Å²) in [5.74, 6) is -0.556. The first-order valence-electron chi connectivity index (χ1n) is 7.72. The fraction of sp³-hybridized carbons (Fsp3) is 0.667. The van der Waals surface area contributed by atoms with Gasteiger partial charge in [0, 0.05) is 18.7 Å². The SMILES string of the molecule is O=C(O)c1cnn(CC(=O)N2CC3(CCC3)[C@@H]3COC[C@@H]32)c1. The van der Waals surface area contributed by atoms with Crippen LogP contribution in [0.15, 0.2) is 12.4 Å². The first kappa shape index (κ1) is 13.8. The maximum absolute atomic E-state index is 12.6. The Bertz CT molecular complexity index is 622. The number of hydrogen-bond acceptors (Lipinski definition) is 4. The van der Waals surface area contributed by atoms with Gasteiger partial charge in [0.15, 0.2) is 0 Å². The van der Waals surface area contributed by atoms with Gasteiger partial charge in [-0.2, -0.15) is 5.10 Å². The predicted molar refractivity (Wildman–Crippen MR) is 75.3 cm³/mol. The van der Waals surface area contributed by atoms with Gasteiger partial charge in [-0.05, 0) is 18.3 Å². The van der Waals surface area contributed by atoms with Crippen molar-refractivity contribution in [1.29, 1.82) is 0 Å². The second-order valence-electron chi connectivity index (χ2n) is 6.68. The van der Waals surface area contributed by atoms with Crippen LogP contribution < -0.4 is 0 Å². The summed E-state index contributed by atoms with van der Waals surface area (Å²) in [7, 11) is 0. The highest BCUT2D eigenvalue weighted by atomic mass is 16.5. The average molecular weight is 305 g/mol. The van der Waals surface area contributed by atoms with E-state index in [-0.39, 0.29) is 29.5 Å². The van der Waals surface area contributed by atoms with Crippen LogP contribution in [0.1, 0.15) is 29.6 Å². The van der Waals surface area contributed by atoms with Crippen LogP contribution >= 0.6 is 0 Å². The number of rotatable bonds is 3. The highest BCUT2D eigenvalue weighted by Crippen LogP contribution is 2.55. The molecule has 22 heavy (non-hydrogen) atoms. The van der Waals surface area contributed by atoms with E-state index in [1.54, 1.807) is 0 Å². The topological polar surface area (TPSA) is 84.7 Å². The van der Waals surface area contributed by atoms with Crippen LogP contribution in [-0.2, 0) is 16.1 Å². The zero-order chi connectivity index (χ0) is 15.3. The number of carbonyl (C=O) groups excluding carboxylic acids is 1. The number of fused-ring (bicyclic) bond motifs is 2. The van der Waals surface area contributed by atoms with E-state index in [0.717, 1.165) is 13.2 Å². The van der Waals surface area contributed by atoms with Gasteiger partial charge in [0.05, 0.1) is 31.0 Å². The van der Waals surface area contributed by atoms with Crippen LogP contribution in [0.4, 0.5) is 0 Å². The molecule has 0 aromatic carbocycles. The van der Waals surface area contributed by atoms with Crippen LogP contribution in [0.25, 0.3) is 0 Å². The third kappa shape index (κ3) is 1.95. The second kappa shape index (κ2) is 4.81. The molecule has 3 heterocycles. The van der Waals surface area contributed by atoms with E-state index in [4.69, 9.17) is 9.84 Å². The summed E-state index contributed by atoms with van der Waals surface area (Å²) in [4.78, 5) is 25.4. The summed E-state index contributed by atoms with van der Waals surface area (Å²) in [5.41, 5.74) is 0.374. The zero-order valence-electron chi connectivity index (χ0n) is 12.3. The lowest BCUT2D eigenvalue weighted by molar-refractivity contribution is -0.134. The van der Waals surface area contributed by atoms with Crippen LogP contribution in [-0.4, -0.2) is 57.5 Å². The van der Waals surface area contributed by atoms with E-state index in [9.17, 15) is 9.59 Å². The molecule has 1 spiro atoms. The second-order valence-corrected chi connectivity index (χ2v) is 6.68. The molecule has 1 N–H and O–H groups in total. The van der Waals surface area contributed by atoms with Crippen LogP contribution in [0.2, 0.25) is 0 Å².